The molecule has 2 aromatic carbocycles. The number of carbonyl (C=O) groups is 1. The Hall–Kier alpha value is -2.29. The van der Waals surface area contributed by atoms with Gasteiger partial charge in [0.15, 0.2) is 12.6 Å². The van der Waals surface area contributed by atoms with Gasteiger partial charge < -0.3 is 30.0 Å². The van der Waals surface area contributed by atoms with Crippen LogP contribution in [0.25, 0.3) is 0 Å². The van der Waals surface area contributed by atoms with Crippen LogP contribution in [-0.2, 0) is 18.9 Å². The molecule has 1 amide bonds. The number of carbonyl (C=O) groups excluding carboxylic acids is 1. The van der Waals surface area contributed by atoms with E-state index >= 15 is 0 Å². The number of methoxy groups -OCH3 is 1. The number of ether oxygens (including phenoxy) is 4. The Morgan fingerprint density at radius 2 is 1.75 bits per heavy atom. The van der Waals surface area contributed by atoms with E-state index in [0.29, 0.717) is 12.2 Å². The molecule has 0 aromatic heterocycles. The topological polar surface area (TPSA) is 92.0 Å². The monoisotopic (exact) mass is 384 g/mol. The van der Waals surface area contributed by atoms with E-state index in [1.807, 2.05) is 48.5 Å². The lowest BCUT2D eigenvalue weighted by Crippen LogP contribution is -2.69. The first kappa shape index (κ1) is 19.0. The fraction of sp³-hybridized carbons (Fsp3) is 0.381. The Morgan fingerprint density at radius 3 is 2.43 bits per heavy atom. The number of hydrogen-bond acceptors (Lipinski definition) is 6. The van der Waals surface area contributed by atoms with Gasteiger partial charge in [-0.2, -0.15) is 0 Å². The number of nitrogens with one attached hydrogen (secondary N) is 1. The van der Waals surface area contributed by atoms with Crippen molar-refractivity contribution < 1.29 is 23.7 Å². The summed E-state index contributed by atoms with van der Waals surface area (Å²) in [6.45, 7) is 0.330. The van der Waals surface area contributed by atoms with Crippen molar-refractivity contribution in [1.82, 2.24) is 5.32 Å². The molecule has 2 aliphatic rings. The predicted octanol–water partition coefficient (Wildman–Crippen LogP) is 1.60. The molecule has 28 heavy (non-hydrogen) atoms. The minimum Gasteiger partial charge on any atom is -0.354 e. The Bertz CT molecular complexity index is 788. The second kappa shape index (κ2) is 8.38. The van der Waals surface area contributed by atoms with Crippen molar-refractivity contribution in [2.45, 2.75) is 36.9 Å². The van der Waals surface area contributed by atoms with Crippen molar-refractivity contribution in [3.8, 4) is 0 Å². The molecule has 2 aliphatic heterocycles. The average Bonchev–Trinajstić information content (AvgIpc) is 2.76. The summed E-state index contributed by atoms with van der Waals surface area (Å²) in [6, 6.07) is 17.5. The minimum absolute atomic E-state index is 0.239. The number of rotatable bonds is 4. The van der Waals surface area contributed by atoms with Crippen LogP contribution >= 0.6 is 0 Å². The van der Waals surface area contributed by atoms with E-state index in [-0.39, 0.29) is 12.0 Å². The molecule has 3 N–H and O–H groups in total. The number of benzene rings is 2. The zero-order chi connectivity index (χ0) is 19.5. The van der Waals surface area contributed by atoms with Gasteiger partial charge in [-0.15, -0.1) is 0 Å². The second-order valence-electron chi connectivity index (χ2n) is 6.90. The summed E-state index contributed by atoms with van der Waals surface area (Å²) in [4.78, 5) is 12.6. The summed E-state index contributed by atoms with van der Waals surface area (Å²) in [7, 11) is 1.52. The van der Waals surface area contributed by atoms with E-state index < -0.39 is 30.8 Å². The van der Waals surface area contributed by atoms with Crippen LogP contribution in [0.5, 0.6) is 0 Å². The van der Waals surface area contributed by atoms with Gasteiger partial charge in [-0.05, 0) is 12.1 Å². The molecule has 0 spiro atoms. The molecule has 2 fully saturated rings. The molecule has 2 heterocycles. The largest absolute Gasteiger partial charge is 0.354 e. The molecule has 0 radical (unpaired) electrons. The first-order chi connectivity index (χ1) is 13.7. The molecular formula is C21H24N2O5. The SMILES string of the molecule is CO[C@H]1O[C@H]2CO[C@H](c3ccccc3)O[C@H]2[C@@H](N)[C@H]1NC(=O)c1ccccc1. The zero-order valence-electron chi connectivity index (χ0n) is 15.6. The molecule has 7 nitrogen and oxygen atoms in total. The number of hydrogen-bond donors (Lipinski definition) is 2. The van der Waals surface area contributed by atoms with Crippen molar-refractivity contribution in [3.63, 3.8) is 0 Å². The van der Waals surface area contributed by atoms with E-state index in [4.69, 9.17) is 24.7 Å². The Morgan fingerprint density at radius 1 is 1.07 bits per heavy atom. The van der Waals surface area contributed by atoms with E-state index in [2.05, 4.69) is 5.32 Å². The maximum atomic E-state index is 12.6. The average molecular weight is 384 g/mol. The standard InChI is InChI=1S/C21H24N2O5/c1-25-21-17(23-19(24)13-8-4-2-5-9-13)16(22)18-15(27-21)12-26-20(28-18)14-10-6-3-7-11-14/h2-11,15-18,20-21H,12,22H2,1H3,(H,23,24)/t15-,16-,17+,18+,20-,21-/m0/s1. The van der Waals surface area contributed by atoms with Crippen molar-refractivity contribution in [3.05, 3.63) is 71.8 Å². The fourth-order valence-corrected chi connectivity index (χ4v) is 3.62. The first-order valence-corrected chi connectivity index (χ1v) is 9.29. The van der Waals surface area contributed by atoms with Crippen LogP contribution in [0.4, 0.5) is 0 Å². The molecular weight excluding hydrogens is 360 g/mol. The van der Waals surface area contributed by atoms with E-state index in [1.54, 1.807) is 12.1 Å². The molecule has 7 heteroatoms. The van der Waals surface area contributed by atoms with Crippen LogP contribution in [0.15, 0.2) is 60.7 Å². The summed E-state index contributed by atoms with van der Waals surface area (Å²) >= 11 is 0. The lowest BCUT2D eigenvalue weighted by Gasteiger charge is -2.48. The molecule has 0 aliphatic carbocycles. The lowest BCUT2D eigenvalue weighted by molar-refractivity contribution is -0.322. The van der Waals surface area contributed by atoms with Crippen LogP contribution in [0.3, 0.4) is 0 Å². The van der Waals surface area contributed by atoms with Gasteiger partial charge in [-0.3, -0.25) is 4.79 Å². The molecule has 0 bridgehead atoms. The van der Waals surface area contributed by atoms with E-state index in [9.17, 15) is 4.79 Å². The first-order valence-electron chi connectivity index (χ1n) is 9.29. The molecule has 148 valence electrons. The highest BCUT2D eigenvalue weighted by molar-refractivity contribution is 5.94. The van der Waals surface area contributed by atoms with Crippen LogP contribution in [-0.4, -0.2) is 50.2 Å². The third-order valence-electron chi connectivity index (χ3n) is 5.09. The Labute approximate surface area is 163 Å². The smallest absolute Gasteiger partial charge is 0.251 e. The molecule has 0 unspecified atom stereocenters. The van der Waals surface area contributed by atoms with Gasteiger partial charge in [0.05, 0.1) is 18.7 Å². The number of nitrogens with two attached hydrogens (primary N) is 1. The van der Waals surface area contributed by atoms with Gasteiger partial charge in [-0.1, -0.05) is 48.5 Å². The normalized spacial score (nSPS) is 32.4. The van der Waals surface area contributed by atoms with Crippen LogP contribution < -0.4 is 11.1 Å². The molecule has 2 aromatic rings. The predicted molar refractivity (Wildman–Crippen MR) is 101 cm³/mol. The maximum absolute atomic E-state index is 12.6. The lowest BCUT2D eigenvalue weighted by atomic mass is 9.93. The summed E-state index contributed by atoms with van der Waals surface area (Å²) in [5.41, 5.74) is 7.96. The van der Waals surface area contributed by atoms with Crippen molar-refractivity contribution in [1.29, 1.82) is 0 Å². The Balaban J connectivity index is 1.50. The minimum atomic E-state index is -0.690. The zero-order valence-corrected chi connectivity index (χ0v) is 15.6. The molecule has 2 saturated heterocycles. The van der Waals surface area contributed by atoms with Crippen molar-refractivity contribution in [2.24, 2.45) is 5.73 Å². The van der Waals surface area contributed by atoms with Crippen LogP contribution in [0.2, 0.25) is 0 Å². The number of amides is 1. The van der Waals surface area contributed by atoms with Gasteiger partial charge in [0.1, 0.15) is 12.2 Å². The van der Waals surface area contributed by atoms with Gasteiger partial charge in [0.2, 0.25) is 0 Å². The fourth-order valence-electron chi connectivity index (χ4n) is 3.62. The molecule has 4 rings (SSSR count). The maximum Gasteiger partial charge on any atom is 0.251 e. The summed E-state index contributed by atoms with van der Waals surface area (Å²) in [6.07, 6.45) is -2.03. The van der Waals surface area contributed by atoms with E-state index in [1.165, 1.54) is 7.11 Å². The van der Waals surface area contributed by atoms with Crippen LogP contribution in [0.1, 0.15) is 22.2 Å². The van der Waals surface area contributed by atoms with E-state index in [0.717, 1.165) is 5.56 Å². The van der Waals surface area contributed by atoms with Crippen LogP contribution in [0, 0.1) is 0 Å². The van der Waals surface area contributed by atoms with Crippen molar-refractivity contribution >= 4 is 5.91 Å². The van der Waals surface area contributed by atoms with Gasteiger partial charge in [-0.25, -0.2) is 0 Å². The summed E-state index contributed by atoms with van der Waals surface area (Å²) < 4.78 is 23.4. The highest BCUT2D eigenvalue weighted by atomic mass is 16.7. The van der Waals surface area contributed by atoms with Gasteiger partial charge in [0, 0.05) is 18.2 Å². The third-order valence-corrected chi connectivity index (χ3v) is 5.09. The highest BCUT2D eigenvalue weighted by Gasteiger charge is 2.49. The van der Waals surface area contributed by atoms with Crippen molar-refractivity contribution in [2.75, 3.05) is 13.7 Å². The molecule has 0 saturated carbocycles. The van der Waals surface area contributed by atoms with Gasteiger partial charge in [0.25, 0.3) is 5.91 Å². The highest BCUT2D eigenvalue weighted by Crippen LogP contribution is 2.33. The number of fused-ring (bicyclic) bond motifs is 1. The summed E-state index contributed by atoms with van der Waals surface area (Å²) in [5.74, 6) is -0.239. The molecule has 6 atom stereocenters. The third kappa shape index (κ3) is 3.80. The second-order valence-corrected chi connectivity index (χ2v) is 6.90. The Kier molecular flexibility index (Phi) is 5.70. The quantitative estimate of drug-likeness (QED) is 0.832. The summed E-state index contributed by atoms with van der Waals surface area (Å²) in [5, 5.41) is 2.94. The van der Waals surface area contributed by atoms with Gasteiger partial charge >= 0.3 is 0 Å².